The Hall–Kier alpha value is -3.10. The number of hydrogen-bond donors (Lipinski definition) is 0. The van der Waals surface area contributed by atoms with E-state index in [1.54, 1.807) is 12.1 Å². The maximum Gasteiger partial charge on any atom is 0.416 e. The van der Waals surface area contributed by atoms with E-state index in [-0.39, 0.29) is 12.1 Å². The van der Waals surface area contributed by atoms with Crippen molar-refractivity contribution in [3.63, 3.8) is 0 Å². The number of aromatic nitrogens is 1. The van der Waals surface area contributed by atoms with Crippen molar-refractivity contribution < 1.29 is 13.2 Å². The summed E-state index contributed by atoms with van der Waals surface area (Å²) in [5.41, 5.74) is 2.86. The number of pyridine rings is 1. The summed E-state index contributed by atoms with van der Waals surface area (Å²) < 4.78 is 39.1. The van der Waals surface area contributed by atoms with Crippen LogP contribution >= 0.6 is 0 Å². The number of benzene rings is 2. The summed E-state index contributed by atoms with van der Waals surface area (Å²) in [5.74, 6) is 6.47. The van der Waals surface area contributed by atoms with E-state index < -0.39 is 11.7 Å². The van der Waals surface area contributed by atoms with Crippen molar-refractivity contribution in [2.75, 3.05) is 6.54 Å². The average molecular weight is 433 g/mol. The Morgan fingerprint density at radius 3 is 2.62 bits per heavy atom. The van der Waals surface area contributed by atoms with E-state index in [0.717, 1.165) is 59.1 Å². The number of likely N-dealkylation sites (tertiary alicyclic amines) is 1. The van der Waals surface area contributed by atoms with Crippen LogP contribution in [0.1, 0.15) is 48.5 Å². The molecule has 0 N–H and O–H groups in total. The molecule has 2 nitrogen and oxygen atoms in total. The second-order valence-corrected chi connectivity index (χ2v) is 8.10. The molecule has 3 aromatic rings. The van der Waals surface area contributed by atoms with Gasteiger partial charge in [-0.25, -0.2) is 0 Å². The third-order valence-corrected chi connectivity index (χ3v) is 5.69. The van der Waals surface area contributed by atoms with Crippen molar-refractivity contribution in [3.8, 4) is 11.8 Å². The first kappa shape index (κ1) is 22.1. The summed E-state index contributed by atoms with van der Waals surface area (Å²) in [6, 6.07) is 15.2. The summed E-state index contributed by atoms with van der Waals surface area (Å²) in [6.07, 6.45) is 1.34. The molecule has 1 radical (unpaired) electrons. The average Bonchev–Trinajstić information content (AvgIpc) is 2.79. The second-order valence-electron chi connectivity index (χ2n) is 8.10. The molecule has 2 atom stereocenters. The van der Waals surface area contributed by atoms with Crippen LogP contribution in [0.5, 0.6) is 0 Å². The summed E-state index contributed by atoms with van der Waals surface area (Å²) in [7, 11) is 0. The quantitative estimate of drug-likeness (QED) is 0.417. The van der Waals surface area contributed by atoms with Gasteiger partial charge in [0, 0.05) is 29.7 Å². The first-order valence-corrected chi connectivity index (χ1v) is 10.6. The number of rotatable bonds is 3. The van der Waals surface area contributed by atoms with Gasteiger partial charge in [-0.1, -0.05) is 48.8 Å². The van der Waals surface area contributed by atoms with Crippen LogP contribution in [0.2, 0.25) is 0 Å². The Kier molecular flexibility index (Phi) is 6.34. The Labute approximate surface area is 186 Å². The third kappa shape index (κ3) is 4.87. The molecule has 1 saturated heterocycles. The summed E-state index contributed by atoms with van der Waals surface area (Å²) in [6.45, 7) is 6.52. The maximum absolute atomic E-state index is 13.0. The number of nitrogens with zero attached hydrogens (tertiary/aromatic N) is 2. The molecule has 5 heteroatoms. The lowest BCUT2D eigenvalue weighted by Crippen LogP contribution is -2.36. The summed E-state index contributed by atoms with van der Waals surface area (Å²) in [5, 5.41) is 1.03. The van der Waals surface area contributed by atoms with E-state index in [1.807, 2.05) is 37.4 Å². The normalized spacial score (nSPS) is 18.1. The first-order chi connectivity index (χ1) is 15.3. The minimum atomic E-state index is -4.34. The maximum atomic E-state index is 13.0. The zero-order valence-electron chi connectivity index (χ0n) is 17.9. The fourth-order valence-electron chi connectivity index (χ4n) is 4.13. The van der Waals surface area contributed by atoms with Crippen molar-refractivity contribution in [1.82, 2.24) is 9.88 Å². The van der Waals surface area contributed by atoms with Crippen LogP contribution < -0.4 is 0 Å². The van der Waals surface area contributed by atoms with Crippen LogP contribution in [-0.2, 0) is 6.18 Å². The minimum absolute atomic E-state index is 0.0677. The fraction of sp³-hybridized carbons (Fsp3) is 0.259. The van der Waals surface area contributed by atoms with Gasteiger partial charge in [-0.2, -0.15) is 13.2 Å². The molecule has 0 unspecified atom stereocenters. The molecular weight excluding hydrogens is 409 g/mol. The summed E-state index contributed by atoms with van der Waals surface area (Å²) in [4.78, 5) is 6.88. The molecule has 0 saturated carbocycles. The highest BCUT2D eigenvalue weighted by atomic mass is 19.4. The van der Waals surface area contributed by atoms with Crippen LogP contribution in [0.25, 0.3) is 10.9 Å². The highest BCUT2D eigenvalue weighted by Crippen LogP contribution is 2.38. The van der Waals surface area contributed by atoms with Crippen molar-refractivity contribution in [2.24, 2.45) is 0 Å². The Balaban J connectivity index is 1.74. The largest absolute Gasteiger partial charge is 0.416 e. The third-order valence-electron chi connectivity index (χ3n) is 5.69. The van der Waals surface area contributed by atoms with E-state index in [4.69, 9.17) is 0 Å². The van der Waals surface area contributed by atoms with Crippen molar-refractivity contribution in [2.45, 2.75) is 38.0 Å². The van der Waals surface area contributed by atoms with Gasteiger partial charge in [-0.05, 0) is 61.6 Å². The standard InChI is InChI=1S/C27H24F3N2/c1-19(2)10-15-26(22-17-21-7-3-4-8-24(21)31-18-22)32-16-6-5-9-25(32)20-11-13-23(14-12-20)27(28,29)30/h3-5,7-8,11-14,17-18,25-26H,1,6,9,16H2,2H3/t25-,26+/m0/s1. The molecule has 0 aliphatic carbocycles. The van der Waals surface area contributed by atoms with Crippen LogP contribution in [-0.4, -0.2) is 16.4 Å². The van der Waals surface area contributed by atoms with Crippen molar-refractivity contribution in [3.05, 3.63) is 96.1 Å². The number of halogens is 3. The van der Waals surface area contributed by atoms with Crippen molar-refractivity contribution >= 4 is 10.9 Å². The molecule has 0 bridgehead atoms. The topological polar surface area (TPSA) is 16.1 Å². The van der Waals surface area contributed by atoms with Gasteiger partial charge in [-0.15, -0.1) is 0 Å². The number of hydrogen-bond acceptors (Lipinski definition) is 2. The predicted molar refractivity (Wildman–Crippen MR) is 121 cm³/mol. The zero-order valence-corrected chi connectivity index (χ0v) is 17.9. The van der Waals surface area contributed by atoms with Gasteiger partial charge in [0.2, 0.25) is 0 Å². The predicted octanol–water partition coefficient (Wildman–Crippen LogP) is 6.92. The van der Waals surface area contributed by atoms with E-state index in [0.29, 0.717) is 0 Å². The lowest BCUT2D eigenvalue weighted by molar-refractivity contribution is -0.137. The van der Waals surface area contributed by atoms with Gasteiger partial charge >= 0.3 is 6.18 Å². The lowest BCUT2D eigenvalue weighted by atomic mass is 9.91. The Morgan fingerprint density at radius 1 is 1.16 bits per heavy atom. The number of alkyl halides is 3. The molecule has 2 heterocycles. The Morgan fingerprint density at radius 2 is 1.91 bits per heavy atom. The Bertz CT molecular complexity index is 1170. The summed E-state index contributed by atoms with van der Waals surface area (Å²) >= 11 is 0. The first-order valence-electron chi connectivity index (χ1n) is 10.6. The molecule has 32 heavy (non-hydrogen) atoms. The molecule has 1 aliphatic heterocycles. The van der Waals surface area contributed by atoms with Gasteiger partial charge in [0.1, 0.15) is 0 Å². The molecular formula is C27H24F3N2. The van der Waals surface area contributed by atoms with E-state index in [1.165, 1.54) is 0 Å². The van der Waals surface area contributed by atoms with E-state index in [2.05, 4.69) is 40.8 Å². The highest BCUT2D eigenvalue weighted by Gasteiger charge is 2.33. The number of piperidine rings is 1. The molecule has 4 rings (SSSR count). The van der Waals surface area contributed by atoms with Crippen LogP contribution in [0, 0.1) is 18.3 Å². The molecule has 163 valence electrons. The zero-order chi connectivity index (χ0) is 22.7. The van der Waals surface area contributed by atoms with Crippen molar-refractivity contribution in [1.29, 1.82) is 0 Å². The molecule has 2 aromatic carbocycles. The molecule has 0 amide bonds. The van der Waals surface area contributed by atoms with Gasteiger partial charge in [0.05, 0.1) is 17.1 Å². The van der Waals surface area contributed by atoms with Gasteiger partial charge in [-0.3, -0.25) is 9.88 Å². The molecule has 1 fully saturated rings. The molecule has 0 spiro atoms. The number of fused-ring (bicyclic) bond motifs is 1. The fourth-order valence-corrected chi connectivity index (χ4v) is 4.13. The molecule has 1 aliphatic rings. The van der Waals surface area contributed by atoms with Gasteiger partial charge in [0.15, 0.2) is 0 Å². The van der Waals surface area contributed by atoms with E-state index >= 15 is 0 Å². The number of para-hydroxylation sites is 1. The number of allylic oxidation sites excluding steroid dienone is 1. The minimum Gasteiger partial charge on any atom is -0.279 e. The molecule has 1 aromatic heterocycles. The monoisotopic (exact) mass is 433 g/mol. The van der Waals surface area contributed by atoms with Crippen LogP contribution in [0.4, 0.5) is 13.2 Å². The highest BCUT2D eigenvalue weighted by molar-refractivity contribution is 5.79. The van der Waals surface area contributed by atoms with Crippen LogP contribution in [0.15, 0.2) is 72.9 Å². The smallest absolute Gasteiger partial charge is 0.279 e. The lowest BCUT2D eigenvalue weighted by Gasteiger charge is -2.39. The van der Waals surface area contributed by atoms with Gasteiger partial charge < -0.3 is 0 Å². The SMILES string of the molecule is C=C(C)C#C[C@H](c1cnc2ccccc2c1)N1CC[CH]C[C@H]1c1ccc(C(F)(F)F)cc1. The van der Waals surface area contributed by atoms with Gasteiger partial charge in [0.25, 0.3) is 0 Å². The van der Waals surface area contributed by atoms with E-state index in [9.17, 15) is 13.2 Å². The van der Waals surface area contributed by atoms with Crippen LogP contribution in [0.3, 0.4) is 0 Å². The second kappa shape index (κ2) is 9.18.